The molecule has 0 heteroatoms. The molecule has 0 amide bonds. The summed E-state index contributed by atoms with van der Waals surface area (Å²) in [6, 6.07) is 24.1. The second-order valence-electron chi connectivity index (χ2n) is 5.43. The summed E-state index contributed by atoms with van der Waals surface area (Å²) < 4.78 is 0. The number of hydrogen-bond donors (Lipinski definition) is 0. The fourth-order valence-corrected chi connectivity index (χ4v) is 3.05. The van der Waals surface area contributed by atoms with Gasteiger partial charge in [-0.25, -0.2) is 0 Å². The maximum absolute atomic E-state index is 2.35. The molecule has 0 saturated heterocycles. The average molecular weight is 256 g/mol. The smallest absolute Gasteiger partial charge is 0.0178 e. The summed E-state index contributed by atoms with van der Waals surface area (Å²) in [4.78, 5) is 0. The van der Waals surface area contributed by atoms with E-state index in [0.29, 0.717) is 0 Å². The van der Waals surface area contributed by atoms with Gasteiger partial charge >= 0.3 is 0 Å². The molecular formula is C20H16. The van der Waals surface area contributed by atoms with Crippen LogP contribution in [-0.4, -0.2) is 0 Å². The van der Waals surface area contributed by atoms with Crippen LogP contribution in [0.15, 0.2) is 66.7 Å². The van der Waals surface area contributed by atoms with E-state index in [4.69, 9.17) is 0 Å². The molecule has 4 rings (SSSR count). The average Bonchev–Trinajstić information content (AvgIpc) is 2.54. The van der Waals surface area contributed by atoms with Crippen molar-refractivity contribution in [3.63, 3.8) is 0 Å². The molecule has 0 atom stereocenters. The van der Waals surface area contributed by atoms with Gasteiger partial charge in [-0.15, -0.1) is 0 Å². The fourth-order valence-electron chi connectivity index (χ4n) is 3.05. The Morgan fingerprint density at radius 2 is 1.45 bits per heavy atom. The molecule has 0 N–H and O–H groups in total. The lowest BCUT2D eigenvalue weighted by molar-refractivity contribution is 1.00. The van der Waals surface area contributed by atoms with E-state index in [1.807, 2.05) is 0 Å². The molecule has 0 fully saturated rings. The van der Waals surface area contributed by atoms with Gasteiger partial charge < -0.3 is 0 Å². The van der Waals surface area contributed by atoms with Crippen LogP contribution in [0.5, 0.6) is 0 Å². The second-order valence-corrected chi connectivity index (χ2v) is 5.43. The van der Waals surface area contributed by atoms with Crippen LogP contribution in [0.2, 0.25) is 0 Å². The SMILES string of the molecule is C1=C(c2ccc3ccccc3c2)CCc2ccccc21. The number of benzene rings is 3. The highest BCUT2D eigenvalue weighted by molar-refractivity contribution is 5.90. The highest BCUT2D eigenvalue weighted by Crippen LogP contribution is 2.31. The van der Waals surface area contributed by atoms with Crippen LogP contribution in [0.4, 0.5) is 0 Å². The molecule has 0 aromatic heterocycles. The maximum Gasteiger partial charge on any atom is -0.0178 e. The first kappa shape index (κ1) is 11.5. The third-order valence-electron chi connectivity index (χ3n) is 4.17. The Labute approximate surface area is 119 Å². The van der Waals surface area contributed by atoms with Gasteiger partial charge in [0.2, 0.25) is 0 Å². The molecule has 1 aliphatic carbocycles. The van der Waals surface area contributed by atoms with Gasteiger partial charge in [-0.05, 0) is 51.9 Å². The molecular weight excluding hydrogens is 240 g/mol. The zero-order chi connectivity index (χ0) is 13.4. The Kier molecular flexibility index (Phi) is 2.67. The molecule has 0 spiro atoms. The van der Waals surface area contributed by atoms with Crippen LogP contribution in [-0.2, 0) is 6.42 Å². The van der Waals surface area contributed by atoms with Crippen LogP contribution in [0.25, 0.3) is 22.4 Å². The van der Waals surface area contributed by atoms with E-state index >= 15 is 0 Å². The summed E-state index contributed by atoms with van der Waals surface area (Å²) >= 11 is 0. The normalized spacial score (nSPS) is 13.9. The molecule has 0 radical (unpaired) electrons. The molecule has 0 aliphatic heterocycles. The third kappa shape index (κ3) is 1.94. The molecule has 0 unspecified atom stereocenters. The Hall–Kier alpha value is -2.34. The van der Waals surface area contributed by atoms with E-state index in [-0.39, 0.29) is 0 Å². The first-order valence-electron chi connectivity index (χ1n) is 7.18. The molecule has 96 valence electrons. The maximum atomic E-state index is 2.35. The number of allylic oxidation sites excluding steroid dienone is 1. The fraction of sp³-hybridized carbons (Fsp3) is 0.100. The van der Waals surface area contributed by atoms with Crippen LogP contribution in [0.1, 0.15) is 23.1 Å². The first-order valence-corrected chi connectivity index (χ1v) is 7.18. The summed E-state index contributed by atoms with van der Waals surface area (Å²) in [6.07, 6.45) is 4.63. The van der Waals surface area contributed by atoms with Crippen molar-refractivity contribution in [2.24, 2.45) is 0 Å². The minimum atomic E-state index is 1.13. The summed E-state index contributed by atoms with van der Waals surface area (Å²) in [5, 5.41) is 2.64. The molecule has 0 nitrogen and oxygen atoms in total. The van der Waals surface area contributed by atoms with Crippen molar-refractivity contribution in [1.82, 2.24) is 0 Å². The number of hydrogen-bond acceptors (Lipinski definition) is 0. The molecule has 3 aromatic carbocycles. The Bertz CT molecular complexity index is 809. The molecule has 1 aliphatic rings. The zero-order valence-corrected chi connectivity index (χ0v) is 11.3. The van der Waals surface area contributed by atoms with Gasteiger partial charge in [0.05, 0.1) is 0 Å². The monoisotopic (exact) mass is 256 g/mol. The highest BCUT2D eigenvalue weighted by Gasteiger charge is 2.11. The highest BCUT2D eigenvalue weighted by atomic mass is 14.2. The van der Waals surface area contributed by atoms with E-state index in [1.165, 1.54) is 33.0 Å². The zero-order valence-electron chi connectivity index (χ0n) is 11.3. The van der Waals surface area contributed by atoms with Crippen LogP contribution < -0.4 is 0 Å². The van der Waals surface area contributed by atoms with Crippen LogP contribution >= 0.6 is 0 Å². The van der Waals surface area contributed by atoms with Gasteiger partial charge in [-0.3, -0.25) is 0 Å². The van der Waals surface area contributed by atoms with Crippen molar-refractivity contribution in [1.29, 1.82) is 0 Å². The standard InChI is InChI=1S/C20H16/c1-3-7-17-13-19(11-9-15(17)5-1)20-12-10-16-6-2-4-8-18(16)14-20/h1-9,11,13-14H,10,12H2. The van der Waals surface area contributed by atoms with Crippen molar-refractivity contribution < 1.29 is 0 Å². The van der Waals surface area contributed by atoms with E-state index in [0.717, 1.165) is 12.8 Å². The van der Waals surface area contributed by atoms with Crippen molar-refractivity contribution >= 4 is 22.4 Å². The van der Waals surface area contributed by atoms with Crippen LogP contribution in [0.3, 0.4) is 0 Å². The minimum Gasteiger partial charge on any atom is -0.0620 e. The predicted molar refractivity (Wildman–Crippen MR) is 86.6 cm³/mol. The lowest BCUT2D eigenvalue weighted by Crippen LogP contribution is -1.98. The van der Waals surface area contributed by atoms with E-state index < -0.39 is 0 Å². The summed E-state index contributed by atoms with van der Waals surface area (Å²) in [5.41, 5.74) is 5.66. The lowest BCUT2D eigenvalue weighted by atomic mass is 9.88. The predicted octanol–water partition coefficient (Wildman–Crippen LogP) is 5.33. The van der Waals surface area contributed by atoms with Crippen molar-refractivity contribution in [3.05, 3.63) is 83.4 Å². The van der Waals surface area contributed by atoms with Crippen molar-refractivity contribution in [3.8, 4) is 0 Å². The quantitative estimate of drug-likeness (QED) is 0.552. The molecule has 0 bridgehead atoms. The topological polar surface area (TPSA) is 0 Å². The van der Waals surface area contributed by atoms with Gasteiger partial charge in [0.1, 0.15) is 0 Å². The molecule has 0 saturated carbocycles. The molecule has 0 heterocycles. The summed E-state index contributed by atoms with van der Waals surface area (Å²) in [5.74, 6) is 0. The number of rotatable bonds is 1. The van der Waals surface area contributed by atoms with Gasteiger partial charge in [-0.2, -0.15) is 0 Å². The van der Waals surface area contributed by atoms with Gasteiger partial charge in [0.25, 0.3) is 0 Å². The van der Waals surface area contributed by atoms with Crippen LogP contribution in [0, 0.1) is 0 Å². The van der Waals surface area contributed by atoms with Crippen molar-refractivity contribution in [2.75, 3.05) is 0 Å². The third-order valence-corrected chi connectivity index (χ3v) is 4.17. The Balaban J connectivity index is 1.82. The van der Waals surface area contributed by atoms with E-state index in [2.05, 4.69) is 72.8 Å². The van der Waals surface area contributed by atoms with E-state index in [9.17, 15) is 0 Å². The van der Waals surface area contributed by atoms with Gasteiger partial charge in [0.15, 0.2) is 0 Å². The van der Waals surface area contributed by atoms with Gasteiger partial charge in [0, 0.05) is 0 Å². The Morgan fingerprint density at radius 1 is 0.650 bits per heavy atom. The first-order chi connectivity index (χ1) is 9.90. The lowest BCUT2D eigenvalue weighted by Gasteiger charge is -2.17. The largest absolute Gasteiger partial charge is 0.0620 e. The summed E-state index contributed by atoms with van der Waals surface area (Å²) in [7, 11) is 0. The Morgan fingerprint density at radius 3 is 2.40 bits per heavy atom. The summed E-state index contributed by atoms with van der Waals surface area (Å²) in [6.45, 7) is 0. The molecule has 20 heavy (non-hydrogen) atoms. The number of fused-ring (bicyclic) bond motifs is 2. The second kappa shape index (κ2) is 4.64. The minimum absolute atomic E-state index is 1.13. The van der Waals surface area contributed by atoms with Crippen molar-refractivity contribution in [2.45, 2.75) is 12.8 Å². The number of aryl methyl sites for hydroxylation is 1. The van der Waals surface area contributed by atoms with E-state index in [1.54, 1.807) is 0 Å². The molecule has 3 aromatic rings. The van der Waals surface area contributed by atoms with Gasteiger partial charge in [-0.1, -0.05) is 66.7 Å².